The summed E-state index contributed by atoms with van der Waals surface area (Å²) in [5, 5.41) is 2.16. The average Bonchev–Trinajstić information content (AvgIpc) is 3.01. The smallest absolute Gasteiger partial charge is 0.410 e. The van der Waals surface area contributed by atoms with Gasteiger partial charge < -0.3 is 28.3 Å². The normalized spacial score (nSPS) is 14.6. The zero-order chi connectivity index (χ0) is 32.7. The van der Waals surface area contributed by atoms with Gasteiger partial charge in [-0.2, -0.15) is 0 Å². The highest BCUT2D eigenvalue weighted by atomic mass is 28.4. The van der Waals surface area contributed by atoms with Crippen LogP contribution in [-0.4, -0.2) is 58.8 Å². The first-order valence-electron chi connectivity index (χ1n) is 16.0. The van der Waals surface area contributed by atoms with Gasteiger partial charge in [0.2, 0.25) is 5.75 Å². The minimum absolute atomic E-state index is 0.209. The number of hydrogen-bond acceptors (Lipinski definition) is 6. The number of rotatable bonds is 11. The second kappa shape index (κ2) is 14.7. The molecule has 45 heavy (non-hydrogen) atoms. The maximum Gasteiger partial charge on any atom is 0.410 e. The zero-order valence-corrected chi connectivity index (χ0v) is 29.4. The van der Waals surface area contributed by atoms with Gasteiger partial charge in [0.15, 0.2) is 11.5 Å². The number of methoxy groups -OCH3 is 2. The van der Waals surface area contributed by atoms with Crippen molar-refractivity contribution in [3.63, 3.8) is 0 Å². The lowest BCUT2D eigenvalue weighted by molar-refractivity contribution is 0.0164. The minimum Gasteiger partial charge on any atom is -0.531 e. The highest BCUT2D eigenvalue weighted by Gasteiger charge is 2.52. The molecule has 0 N–H and O–H groups in total. The van der Waals surface area contributed by atoms with Crippen molar-refractivity contribution in [3.05, 3.63) is 78.4 Å². The molecule has 7 nitrogen and oxygen atoms in total. The molecule has 0 bridgehead atoms. The van der Waals surface area contributed by atoms with Gasteiger partial charge in [0.05, 0.1) is 20.8 Å². The van der Waals surface area contributed by atoms with Crippen LogP contribution in [0.2, 0.25) is 5.04 Å². The van der Waals surface area contributed by atoms with Crippen molar-refractivity contribution in [2.24, 2.45) is 5.92 Å². The van der Waals surface area contributed by atoms with Crippen LogP contribution in [0.3, 0.4) is 0 Å². The lowest BCUT2D eigenvalue weighted by atomic mass is 9.94. The second-order valence-electron chi connectivity index (χ2n) is 13.8. The molecular weight excluding hydrogens is 582 g/mol. The fourth-order valence-corrected chi connectivity index (χ4v) is 10.5. The number of ether oxygens (including phenoxy) is 4. The molecule has 0 radical (unpaired) electrons. The van der Waals surface area contributed by atoms with Crippen LogP contribution in [0, 0.1) is 5.92 Å². The van der Waals surface area contributed by atoms with Crippen LogP contribution in [0.25, 0.3) is 0 Å². The van der Waals surface area contributed by atoms with E-state index >= 15 is 0 Å². The van der Waals surface area contributed by atoms with E-state index in [1.807, 2.05) is 49.9 Å². The van der Waals surface area contributed by atoms with Crippen molar-refractivity contribution in [1.82, 2.24) is 4.90 Å². The third-order valence-electron chi connectivity index (χ3n) is 8.39. The molecule has 0 aromatic heterocycles. The Hall–Kier alpha value is -3.49. The van der Waals surface area contributed by atoms with Crippen molar-refractivity contribution >= 4 is 24.8 Å². The molecule has 1 aliphatic heterocycles. The molecule has 3 aromatic rings. The molecule has 244 valence electrons. The fraction of sp³-hybridized carbons (Fsp3) is 0.486. The number of likely N-dealkylation sites (tertiary alicyclic amines) is 1. The molecule has 0 unspecified atom stereocenters. The number of benzene rings is 3. The summed E-state index contributed by atoms with van der Waals surface area (Å²) in [5.74, 6) is 2.36. The number of nitrogens with zero attached hydrogens (tertiary/aromatic N) is 1. The molecule has 8 heteroatoms. The summed E-state index contributed by atoms with van der Waals surface area (Å²) in [5.41, 5.74) is 0.483. The van der Waals surface area contributed by atoms with Crippen molar-refractivity contribution in [1.29, 1.82) is 0 Å². The molecule has 1 fully saturated rings. The van der Waals surface area contributed by atoms with Crippen LogP contribution in [0.5, 0.6) is 17.2 Å². The standard InChI is InChI=1S/C37H51NO6Si/c1-36(2,3)43-35(39)38-22-19-28(20-23-38)21-24-42-27-29-25-32(40-7)34(41-8)33(26-29)44-45(37(4,5)6,30-15-11-9-12-16-30)31-17-13-10-14-18-31/h9-18,25-26,28H,19-24,27H2,1-8H3. The first-order valence-corrected chi connectivity index (χ1v) is 17.9. The maximum absolute atomic E-state index is 12.4. The average molecular weight is 634 g/mol. The van der Waals surface area contributed by atoms with Gasteiger partial charge in [-0.25, -0.2) is 4.79 Å². The van der Waals surface area contributed by atoms with Crippen LogP contribution < -0.4 is 24.3 Å². The number of carbonyl (C=O) groups excluding carboxylic acids is 1. The molecule has 1 saturated heterocycles. The van der Waals surface area contributed by atoms with Crippen LogP contribution in [0.1, 0.15) is 66.4 Å². The zero-order valence-electron chi connectivity index (χ0n) is 28.4. The molecular formula is C37H51NO6Si. The Labute approximate surface area is 270 Å². The van der Waals surface area contributed by atoms with E-state index in [0.717, 1.165) is 37.9 Å². The molecule has 3 aromatic carbocycles. The Balaban J connectivity index is 1.51. The number of hydrogen-bond donors (Lipinski definition) is 0. The van der Waals surface area contributed by atoms with Gasteiger partial charge in [-0.15, -0.1) is 0 Å². The Morgan fingerprint density at radius 1 is 0.822 bits per heavy atom. The monoisotopic (exact) mass is 633 g/mol. The third-order valence-corrected chi connectivity index (χ3v) is 13.3. The summed E-state index contributed by atoms with van der Waals surface area (Å²) in [7, 11) is 0.407. The summed E-state index contributed by atoms with van der Waals surface area (Å²) < 4.78 is 30.8. The summed E-state index contributed by atoms with van der Waals surface area (Å²) in [6.07, 6.45) is 2.63. The van der Waals surface area contributed by atoms with E-state index in [9.17, 15) is 4.79 Å². The van der Waals surface area contributed by atoms with E-state index in [-0.39, 0.29) is 11.1 Å². The number of piperidine rings is 1. The van der Waals surface area contributed by atoms with Crippen LogP contribution in [0.4, 0.5) is 4.79 Å². The largest absolute Gasteiger partial charge is 0.531 e. The van der Waals surface area contributed by atoms with Crippen LogP contribution in [-0.2, 0) is 16.1 Å². The van der Waals surface area contributed by atoms with E-state index in [1.54, 1.807) is 14.2 Å². The Kier molecular flexibility index (Phi) is 11.3. The quantitative estimate of drug-likeness (QED) is 0.164. The van der Waals surface area contributed by atoms with Crippen LogP contribution >= 0.6 is 0 Å². The molecule has 4 rings (SSSR count). The van der Waals surface area contributed by atoms with Gasteiger partial charge in [-0.1, -0.05) is 81.4 Å². The minimum atomic E-state index is -2.90. The predicted octanol–water partition coefficient (Wildman–Crippen LogP) is 7.20. The van der Waals surface area contributed by atoms with Gasteiger partial charge in [-0.05, 0) is 79.1 Å². The molecule has 0 saturated carbocycles. The molecule has 0 aliphatic carbocycles. The highest BCUT2D eigenvalue weighted by molar-refractivity contribution is 7.00. The summed E-state index contributed by atoms with van der Waals surface area (Å²) in [4.78, 5) is 14.2. The fourth-order valence-electron chi connectivity index (χ4n) is 6.13. The second-order valence-corrected chi connectivity index (χ2v) is 18.1. The summed E-state index contributed by atoms with van der Waals surface area (Å²) in [6.45, 7) is 15.0. The SMILES string of the molecule is COc1cc(COCCC2CCN(C(=O)OC(C)(C)C)CC2)cc(O[Si](c2ccccc2)(c2ccccc2)C(C)(C)C)c1OC. The summed E-state index contributed by atoms with van der Waals surface area (Å²) in [6, 6.07) is 25.1. The topological polar surface area (TPSA) is 66.5 Å². The Bertz CT molecular complexity index is 1340. The van der Waals surface area contributed by atoms with Crippen molar-refractivity contribution < 1.29 is 28.2 Å². The Morgan fingerprint density at radius 3 is 1.87 bits per heavy atom. The lowest BCUT2D eigenvalue weighted by Crippen LogP contribution is -2.68. The third kappa shape index (κ3) is 8.41. The maximum atomic E-state index is 12.4. The van der Waals surface area contributed by atoms with Gasteiger partial charge >= 0.3 is 14.4 Å². The number of amides is 1. The van der Waals surface area contributed by atoms with Gasteiger partial charge in [-0.3, -0.25) is 0 Å². The van der Waals surface area contributed by atoms with E-state index in [4.69, 9.17) is 23.4 Å². The first kappa shape index (κ1) is 34.4. The molecule has 0 spiro atoms. The first-order chi connectivity index (χ1) is 21.4. The van der Waals surface area contributed by atoms with Crippen molar-refractivity contribution in [2.45, 2.75) is 78.1 Å². The lowest BCUT2D eigenvalue weighted by Gasteiger charge is -2.43. The van der Waals surface area contributed by atoms with E-state index in [1.165, 1.54) is 10.4 Å². The van der Waals surface area contributed by atoms with E-state index < -0.39 is 13.9 Å². The van der Waals surface area contributed by atoms with Gasteiger partial charge in [0, 0.05) is 19.7 Å². The van der Waals surface area contributed by atoms with Crippen molar-refractivity contribution in [2.75, 3.05) is 33.9 Å². The molecule has 1 aliphatic rings. The number of carbonyl (C=O) groups is 1. The van der Waals surface area contributed by atoms with E-state index in [2.05, 4.69) is 69.3 Å². The highest BCUT2D eigenvalue weighted by Crippen LogP contribution is 2.44. The van der Waals surface area contributed by atoms with Crippen LogP contribution in [0.15, 0.2) is 72.8 Å². The van der Waals surface area contributed by atoms with Gasteiger partial charge in [0.1, 0.15) is 5.60 Å². The molecule has 1 heterocycles. The van der Waals surface area contributed by atoms with Crippen molar-refractivity contribution in [3.8, 4) is 17.2 Å². The predicted molar refractivity (Wildman–Crippen MR) is 183 cm³/mol. The van der Waals surface area contributed by atoms with Gasteiger partial charge in [0.25, 0.3) is 0 Å². The van der Waals surface area contributed by atoms with E-state index in [0.29, 0.717) is 36.4 Å². The molecule has 0 atom stereocenters. The Morgan fingerprint density at radius 2 is 1.38 bits per heavy atom. The summed E-state index contributed by atoms with van der Waals surface area (Å²) >= 11 is 0. The molecule has 1 amide bonds.